The molecule has 2 aromatic carbocycles. The van der Waals surface area contributed by atoms with Crippen LogP contribution >= 0.6 is 0 Å². The number of carboxylic acids is 2. The summed E-state index contributed by atoms with van der Waals surface area (Å²) >= 11 is 0. The Morgan fingerprint density at radius 2 is 1.30 bits per heavy atom. The summed E-state index contributed by atoms with van der Waals surface area (Å²) in [7, 11) is 3.39. The number of nitrogens with two attached hydrogens (primary N) is 2. The van der Waals surface area contributed by atoms with Gasteiger partial charge in [0.1, 0.15) is 23.2 Å². The number of ether oxygens (including phenoxy) is 2. The van der Waals surface area contributed by atoms with Crippen LogP contribution in [0.3, 0.4) is 0 Å². The van der Waals surface area contributed by atoms with Crippen LogP contribution in [-0.4, -0.2) is 55.5 Å². The number of unbranched alkanes of at least 4 members (excludes halogenated alkanes) is 12. The van der Waals surface area contributed by atoms with Crippen molar-refractivity contribution in [2.75, 3.05) is 32.2 Å². The number of hydrogen-bond acceptors (Lipinski definition) is 8. The van der Waals surface area contributed by atoms with Gasteiger partial charge in [-0.15, -0.1) is 0 Å². The standard InChI is InChI=1S/C59H87N5O6/c1-7-11-15-19-32-58(33-20-16-12-8-2)48-40-45(69-5)26-28-52(48)63(36-30-54(65)66)56(58)50(61)38-43-24-23-25-44(47(43)42-60)39-51(62)57-59(34-21-17-13-9-3,35-22-18-14-10-4)49-41-46(70-6)27-29-53(49)64(57)37-31-55(67)68/h26-29,38-41,56H,7-25,30-37,61-62H2,1-6H3,(H,65,66)(H,67,68)/p+1. The fourth-order valence-corrected chi connectivity index (χ4v) is 12.3. The molecular weight excluding hydrogens is 875 g/mol. The van der Waals surface area contributed by atoms with Gasteiger partial charge in [-0.3, -0.25) is 14.5 Å². The summed E-state index contributed by atoms with van der Waals surface area (Å²) in [5, 5.41) is 31.4. The first kappa shape index (κ1) is 55.7. The molecule has 0 saturated heterocycles. The van der Waals surface area contributed by atoms with E-state index in [4.69, 9.17) is 20.9 Å². The van der Waals surface area contributed by atoms with Gasteiger partial charge in [0, 0.05) is 29.3 Å². The number of anilines is 1. The lowest BCUT2D eigenvalue weighted by atomic mass is 9.68. The van der Waals surface area contributed by atoms with E-state index in [1.54, 1.807) is 14.2 Å². The molecule has 11 nitrogen and oxygen atoms in total. The molecule has 0 radical (unpaired) electrons. The molecule has 2 aliphatic heterocycles. The lowest BCUT2D eigenvalue weighted by Gasteiger charge is -2.37. The Morgan fingerprint density at radius 1 is 0.757 bits per heavy atom. The van der Waals surface area contributed by atoms with Crippen molar-refractivity contribution < 1.29 is 34.2 Å². The fraction of sp³-hybridized carbons (Fsp3) is 0.610. The first-order valence-electron chi connectivity index (χ1n) is 27.2. The Bertz CT molecular complexity index is 2210. The summed E-state index contributed by atoms with van der Waals surface area (Å²) in [5.41, 5.74) is 23.1. The SMILES string of the molecule is CCCCCCC1(CCCCCC)C(=C(N)C=C2CCCC(C=C(N)C3[NH+](CCC(=O)O)c4ccc(OC)cc4C3(CCCCCC)CCCCCC)=C2C#N)N(CCC(=O)O)c2ccc(OC)cc21. The highest BCUT2D eigenvalue weighted by Gasteiger charge is 2.56. The molecular formula is C59H88N5O6+. The fourth-order valence-electron chi connectivity index (χ4n) is 12.3. The van der Waals surface area contributed by atoms with Gasteiger partial charge in [0.05, 0.1) is 67.8 Å². The molecule has 5 rings (SSSR count). The lowest BCUT2D eigenvalue weighted by Crippen LogP contribution is -3.11. The molecule has 2 aromatic rings. The summed E-state index contributed by atoms with van der Waals surface area (Å²) in [5.74, 6) is -0.167. The normalized spacial score (nSPS) is 19.5. The van der Waals surface area contributed by atoms with Crippen LogP contribution in [0, 0.1) is 11.3 Å². The van der Waals surface area contributed by atoms with Gasteiger partial charge in [-0.2, -0.15) is 5.26 Å². The van der Waals surface area contributed by atoms with Gasteiger partial charge < -0.3 is 36.1 Å². The van der Waals surface area contributed by atoms with Gasteiger partial charge in [-0.1, -0.05) is 130 Å². The molecule has 70 heavy (non-hydrogen) atoms. The summed E-state index contributed by atoms with van der Waals surface area (Å²) in [6.07, 6.45) is 27.2. The van der Waals surface area contributed by atoms with Crippen LogP contribution in [0.5, 0.6) is 11.5 Å². The highest BCUT2D eigenvalue weighted by Crippen LogP contribution is 2.56. The van der Waals surface area contributed by atoms with E-state index >= 15 is 0 Å². The second-order valence-electron chi connectivity index (χ2n) is 20.4. The largest absolute Gasteiger partial charge is 0.497 e. The Labute approximate surface area is 421 Å². The van der Waals surface area contributed by atoms with Crippen molar-refractivity contribution in [3.05, 3.63) is 93.5 Å². The predicted molar refractivity (Wildman–Crippen MR) is 284 cm³/mol. The Morgan fingerprint density at radius 3 is 1.83 bits per heavy atom. The average Bonchev–Trinajstić information content (AvgIpc) is 3.78. The van der Waals surface area contributed by atoms with Crippen molar-refractivity contribution in [3.8, 4) is 17.6 Å². The molecule has 3 aliphatic rings. The number of nitriles is 1. The summed E-state index contributed by atoms with van der Waals surface area (Å²) in [6, 6.07) is 14.8. The van der Waals surface area contributed by atoms with Crippen molar-refractivity contribution in [1.82, 2.24) is 0 Å². The molecule has 2 unspecified atom stereocenters. The summed E-state index contributed by atoms with van der Waals surface area (Å²) in [6.45, 7) is 9.55. The van der Waals surface area contributed by atoms with Crippen molar-refractivity contribution in [2.24, 2.45) is 11.5 Å². The van der Waals surface area contributed by atoms with Crippen LogP contribution in [0.15, 0.2) is 82.4 Å². The van der Waals surface area contributed by atoms with Crippen molar-refractivity contribution in [2.45, 2.75) is 205 Å². The third-order valence-electron chi connectivity index (χ3n) is 15.7. The Balaban J connectivity index is 1.73. The molecule has 1 aliphatic carbocycles. The highest BCUT2D eigenvalue weighted by atomic mass is 16.5. The first-order valence-corrected chi connectivity index (χ1v) is 27.2. The van der Waals surface area contributed by atoms with Gasteiger partial charge in [0.25, 0.3) is 0 Å². The number of benzene rings is 2. The van der Waals surface area contributed by atoms with E-state index in [0.717, 1.165) is 185 Å². The van der Waals surface area contributed by atoms with E-state index < -0.39 is 17.4 Å². The van der Waals surface area contributed by atoms with Crippen molar-refractivity contribution in [1.29, 1.82) is 5.26 Å². The molecule has 0 fully saturated rings. The number of hydrogen-bond donors (Lipinski definition) is 5. The van der Waals surface area contributed by atoms with E-state index in [-0.39, 0.29) is 30.8 Å². The van der Waals surface area contributed by atoms with Crippen LogP contribution in [0.2, 0.25) is 0 Å². The molecule has 0 aromatic heterocycles. The van der Waals surface area contributed by atoms with Crippen LogP contribution in [0.25, 0.3) is 0 Å². The third kappa shape index (κ3) is 13.2. The number of methoxy groups -OCH3 is 2. The number of aliphatic carboxylic acids is 2. The number of allylic oxidation sites excluding steroid dienone is 6. The van der Waals surface area contributed by atoms with Crippen LogP contribution in [0.4, 0.5) is 11.4 Å². The van der Waals surface area contributed by atoms with Gasteiger partial charge in [-0.05, 0) is 104 Å². The van der Waals surface area contributed by atoms with E-state index in [2.05, 4.69) is 69.0 Å². The van der Waals surface area contributed by atoms with Crippen molar-refractivity contribution in [3.63, 3.8) is 0 Å². The molecule has 2 atom stereocenters. The summed E-state index contributed by atoms with van der Waals surface area (Å²) < 4.78 is 11.7. The minimum absolute atomic E-state index is 0.00185. The van der Waals surface area contributed by atoms with E-state index in [0.29, 0.717) is 36.4 Å². The number of nitrogens with zero attached hydrogens (tertiary/aromatic N) is 2. The molecule has 0 bridgehead atoms. The summed E-state index contributed by atoms with van der Waals surface area (Å²) in [4.78, 5) is 27.8. The molecule has 0 spiro atoms. The lowest BCUT2D eigenvalue weighted by molar-refractivity contribution is -0.852. The highest BCUT2D eigenvalue weighted by molar-refractivity contribution is 5.76. The zero-order chi connectivity index (χ0) is 50.7. The Kier molecular flexibility index (Phi) is 21.8. The van der Waals surface area contributed by atoms with E-state index in [1.807, 2.05) is 18.2 Å². The molecule has 0 saturated carbocycles. The van der Waals surface area contributed by atoms with Gasteiger partial charge >= 0.3 is 11.9 Å². The second-order valence-corrected chi connectivity index (χ2v) is 20.4. The number of carboxylic acid groups (broad SMARTS) is 2. The minimum Gasteiger partial charge on any atom is -0.497 e. The molecule has 11 heteroatoms. The minimum atomic E-state index is -0.871. The first-order chi connectivity index (χ1) is 33.9. The van der Waals surface area contributed by atoms with Gasteiger partial charge in [0.15, 0.2) is 0 Å². The number of fused-ring (bicyclic) bond motifs is 2. The number of nitrogens with one attached hydrogen (secondary N) is 1. The molecule has 2 heterocycles. The molecule has 384 valence electrons. The van der Waals surface area contributed by atoms with Gasteiger partial charge in [0.2, 0.25) is 0 Å². The van der Waals surface area contributed by atoms with Crippen LogP contribution in [0.1, 0.15) is 199 Å². The maximum absolute atomic E-state index is 12.3. The predicted octanol–water partition coefficient (Wildman–Crippen LogP) is 12.4. The maximum atomic E-state index is 12.3. The van der Waals surface area contributed by atoms with Crippen molar-refractivity contribution >= 4 is 23.3 Å². The average molecular weight is 963 g/mol. The maximum Gasteiger partial charge on any atom is 0.309 e. The smallest absolute Gasteiger partial charge is 0.309 e. The van der Waals surface area contributed by atoms with E-state index in [9.17, 15) is 25.1 Å². The van der Waals surface area contributed by atoms with Crippen LogP contribution < -0.4 is 30.7 Å². The number of carbonyl (C=O) groups is 2. The second kappa shape index (κ2) is 27.4. The van der Waals surface area contributed by atoms with Crippen LogP contribution in [-0.2, 0) is 20.4 Å². The topological polar surface area (TPSA) is 177 Å². The number of rotatable bonds is 31. The molecule has 7 N–H and O–H groups in total. The van der Waals surface area contributed by atoms with Gasteiger partial charge in [-0.25, -0.2) is 0 Å². The monoisotopic (exact) mass is 963 g/mol. The third-order valence-corrected chi connectivity index (χ3v) is 15.7. The quantitative estimate of drug-likeness (QED) is 0.0457. The zero-order valence-corrected chi connectivity index (χ0v) is 43.9. The van der Waals surface area contributed by atoms with E-state index in [1.165, 1.54) is 5.56 Å². The Hall–Kier alpha value is -5.21. The zero-order valence-electron chi connectivity index (χ0n) is 43.9. The molecule has 0 amide bonds. The number of quaternary nitrogens is 1.